The number of fused-ring (bicyclic) bond motifs is 2. The third kappa shape index (κ3) is 4.81. The van der Waals surface area contributed by atoms with E-state index in [1.165, 1.54) is 27.8 Å². The molecular formula is C23H28N4O4S2. The first-order valence-electron chi connectivity index (χ1n) is 11.1. The molecule has 0 fully saturated rings. The fraction of sp³-hybridized carbons (Fsp3) is 0.435. The van der Waals surface area contributed by atoms with Crippen LogP contribution < -0.4 is 15.6 Å². The quantitative estimate of drug-likeness (QED) is 0.561. The molecule has 1 aliphatic heterocycles. The minimum absolute atomic E-state index is 0.136. The fourth-order valence-corrected chi connectivity index (χ4v) is 6.45. The molecule has 8 nitrogen and oxygen atoms in total. The van der Waals surface area contributed by atoms with Gasteiger partial charge in [-0.15, -0.1) is 11.3 Å². The predicted molar refractivity (Wildman–Crippen MR) is 128 cm³/mol. The molecule has 2 amide bonds. The molecule has 176 valence electrons. The molecule has 0 saturated carbocycles. The van der Waals surface area contributed by atoms with Crippen LogP contribution >= 0.6 is 11.3 Å². The van der Waals surface area contributed by atoms with Gasteiger partial charge in [0, 0.05) is 10.4 Å². The van der Waals surface area contributed by atoms with E-state index >= 15 is 0 Å². The van der Waals surface area contributed by atoms with Gasteiger partial charge in [-0.2, -0.15) is 0 Å². The van der Waals surface area contributed by atoms with Crippen molar-refractivity contribution in [3.63, 3.8) is 0 Å². The maximum Gasteiger partial charge on any atom is 0.279 e. The van der Waals surface area contributed by atoms with Gasteiger partial charge in [0.2, 0.25) is 0 Å². The Morgan fingerprint density at radius 3 is 2.79 bits per heavy atom. The smallest absolute Gasteiger partial charge is 0.271 e. The third-order valence-corrected chi connectivity index (χ3v) is 8.87. The number of hydrogen-bond acceptors (Lipinski definition) is 6. The summed E-state index contributed by atoms with van der Waals surface area (Å²) in [4.78, 5) is 32.0. The molecule has 1 aromatic carbocycles. The van der Waals surface area contributed by atoms with Crippen LogP contribution in [0.3, 0.4) is 0 Å². The van der Waals surface area contributed by atoms with Crippen molar-refractivity contribution in [1.82, 2.24) is 15.6 Å². The largest absolute Gasteiger partial charge is 0.279 e. The van der Waals surface area contributed by atoms with Gasteiger partial charge in [0.1, 0.15) is 11.9 Å². The predicted octanol–water partition coefficient (Wildman–Crippen LogP) is 2.79. The van der Waals surface area contributed by atoms with E-state index in [-0.39, 0.29) is 22.6 Å². The van der Waals surface area contributed by atoms with Gasteiger partial charge < -0.3 is 0 Å². The van der Waals surface area contributed by atoms with E-state index < -0.39 is 22.0 Å². The van der Waals surface area contributed by atoms with Gasteiger partial charge >= 0.3 is 0 Å². The first-order valence-corrected chi connectivity index (χ1v) is 13.4. The summed E-state index contributed by atoms with van der Waals surface area (Å²) in [6, 6.07) is 7.54. The standard InChI is InChI=1S/C23H28N4O4S2/c1-4-14(3)20(24-21-16-7-5-6-8-19(16)33(30,31)27-21)23(29)26-25-22(28)18-12-15-11-13(2)9-10-17(15)32-18/h5-8,12-14,20H,4,9-11H2,1-3H3,(H,24,27)(H,25,28)(H,26,29)/t13?,14-,20-/m0/s1. The van der Waals surface area contributed by atoms with Crippen LogP contribution in [0.15, 0.2) is 40.2 Å². The van der Waals surface area contributed by atoms with Gasteiger partial charge in [-0.25, -0.2) is 8.42 Å². The Bertz CT molecular complexity index is 1220. The van der Waals surface area contributed by atoms with Crippen LogP contribution in [0.4, 0.5) is 0 Å². The van der Waals surface area contributed by atoms with Gasteiger partial charge in [-0.3, -0.25) is 30.2 Å². The maximum atomic E-state index is 13.0. The van der Waals surface area contributed by atoms with Crippen LogP contribution in [0.2, 0.25) is 0 Å². The lowest BCUT2D eigenvalue weighted by atomic mass is 9.90. The molecule has 33 heavy (non-hydrogen) atoms. The Morgan fingerprint density at radius 2 is 2.03 bits per heavy atom. The van der Waals surface area contributed by atoms with Crippen LogP contribution in [-0.2, 0) is 27.7 Å². The number of carbonyl (C=O) groups is 2. The molecular weight excluding hydrogens is 460 g/mol. The molecule has 2 heterocycles. The van der Waals surface area contributed by atoms with Crippen LogP contribution in [0.1, 0.15) is 59.3 Å². The first kappa shape index (κ1) is 23.4. The Hall–Kier alpha value is -2.72. The normalized spacial score (nSPS) is 21.4. The number of nitrogens with one attached hydrogen (secondary N) is 3. The molecule has 3 N–H and O–H groups in total. The molecule has 1 unspecified atom stereocenters. The molecule has 3 atom stereocenters. The Balaban J connectivity index is 1.49. The number of carbonyl (C=O) groups excluding carboxylic acids is 2. The Labute approximate surface area is 197 Å². The number of hydrogen-bond donors (Lipinski definition) is 3. The highest BCUT2D eigenvalue weighted by Gasteiger charge is 2.33. The summed E-state index contributed by atoms with van der Waals surface area (Å²) in [6.07, 6.45) is 3.71. The summed E-state index contributed by atoms with van der Waals surface area (Å²) in [5, 5.41) is 0. The minimum Gasteiger partial charge on any atom is -0.271 e. The van der Waals surface area contributed by atoms with Gasteiger partial charge in [-0.1, -0.05) is 39.3 Å². The van der Waals surface area contributed by atoms with Gasteiger partial charge in [0.05, 0.1) is 9.77 Å². The highest BCUT2D eigenvalue weighted by atomic mass is 32.2. The van der Waals surface area contributed by atoms with E-state index in [9.17, 15) is 18.0 Å². The van der Waals surface area contributed by atoms with Gasteiger partial charge in [0.25, 0.3) is 21.8 Å². The summed E-state index contributed by atoms with van der Waals surface area (Å²) < 4.78 is 27.2. The van der Waals surface area contributed by atoms with E-state index in [0.717, 1.165) is 19.3 Å². The van der Waals surface area contributed by atoms with Crippen molar-refractivity contribution in [2.45, 2.75) is 57.4 Å². The second kappa shape index (κ2) is 9.26. The van der Waals surface area contributed by atoms with Crippen molar-refractivity contribution in [2.24, 2.45) is 16.8 Å². The lowest BCUT2D eigenvalue weighted by molar-refractivity contribution is -0.124. The monoisotopic (exact) mass is 488 g/mol. The number of hydrazine groups is 1. The average Bonchev–Trinajstić information content (AvgIpc) is 3.33. The average molecular weight is 489 g/mol. The Morgan fingerprint density at radius 1 is 1.27 bits per heavy atom. The van der Waals surface area contributed by atoms with Gasteiger partial charge in [-0.05, 0) is 54.9 Å². The van der Waals surface area contributed by atoms with Crippen molar-refractivity contribution in [3.8, 4) is 0 Å². The fourth-order valence-electron chi connectivity index (χ4n) is 4.11. The van der Waals surface area contributed by atoms with E-state index in [1.54, 1.807) is 18.2 Å². The molecule has 2 aromatic rings. The number of aryl methyl sites for hydroxylation is 1. The van der Waals surface area contributed by atoms with E-state index in [0.29, 0.717) is 22.8 Å². The molecule has 0 saturated heterocycles. The number of sulfonamides is 1. The van der Waals surface area contributed by atoms with E-state index in [1.807, 2.05) is 19.9 Å². The van der Waals surface area contributed by atoms with Crippen molar-refractivity contribution < 1.29 is 18.0 Å². The number of rotatable bonds is 5. The minimum atomic E-state index is -3.71. The highest BCUT2D eigenvalue weighted by molar-refractivity contribution is 7.90. The van der Waals surface area contributed by atoms with Crippen LogP contribution in [0.5, 0.6) is 0 Å². The zero-order chi connectivity index (χ0) is 23.8. The lowest BCUT2D eigenvalue weighted by Crippen LogP contribution is -2.48. The SMILES string of the molecule is CC[C@H](C)[C@H](N=C1NS(=O)(=O)c2ccccc21)C(=O)NNC(=O)c1cc2c(s1)CCC(C)C2. The van der Waals surface area contributed by atoms with Crippen LogP contribution in [-0.4, -0.2) is 32.1 Å². The van der Waals surface area contributed by atoms with Crippen molar-refractivity contribution in [3.05, 3.63) is 51.2 Å². The number of nitrogens with zero attached hydrogens (tertiary/aromatic N) is 1. The molecule has 0 radical (unpaired) electrons. The van der Waals surface area contributed by atoms with Crippen molar-refractivity contribution in [2.75, 3.05) is 0 Å². The molecule has 10 heteroatoms. The summed E-state index contributed by atoms with van der Waals surface area (Å²) in [7, 11) is -3.71. The molecule has 1 aromatic heterocycles. The van der Waals surface area contributed by atoms with Crippen molar-refractivity contribution in [1.29, 1.82) is 0 Å². The maximum absolute atomic E-state index is 13.0. The molecule has 0 bridgehead atoms. The van der Waals surface area contributed by atoms with Gasteiger partial charge in [0.15, 0.2) is 0 Å². The second-order valence-electron chi connectivity index (χ2n) is 8.76. The van der Waals surface area contributed by atoms with Crippen LogP contribution in [0.25, 0.3) is 0 Å². The van der Waals surface area contributed by atoms with E-state index in [2.05, 4.69) is 27.5 Å². The van der Waals surface area contributed by atoms with Crippen LogP contribution in [0, 0.1) is 11.8 Å². The second-order valence-corrected chi connectivity index (χ2v) is 11.5. The zero-order valence-corrected chi connectivity index (χ0v) is 20.5. The third-order valence-electron chi connectivity index (χ3n) is 6.23. The van der Waals surface area contributed by atoms with E-state index in [4.69, 9.17) is 0 Å². The Kier molecular flexibility index (Phi) is 6.58. The first-order chi connectivity index (χ1) is 15.7. The number of amidine groups is 1. The topological polar surface area (TPSA) is 117 Å². The summed E-state index contributed by atoms with van der Waals surface area (Å²) in [5.74, 6) is -0.294. The summed E-state index contributed by atoms with van der Waals surface area (Å²) in [6.45, 7) is 5.99. The summed E-state index contributed by atoms with van der Waals surface area (Å²) in [5.41, 5.74) is 6.64. The molecule has 0 spiro atoms. The highest BCUT2D eigenvalue weighted by Crippen LogP contribution is 2.32. The molecule has 2 aliphatic rings. The number of aliphatic imine (C=N–C) groups is 1. The number of benzene rings is 1. The lowest BCUT2D eigenvalue weighted by Gasteiger charge is -2.19. The number of thiophene rings is 1. The molecule has 4 rings (SSSR count). The van der Waals surface area contributed by atoms with Crippen molar-refractivity contribution >= 4 is 39.0 Å². The summed E-state index contributed by atoms with van der Waals surface area (Å²) >= 11 is 1.47. The molecule has 1 aliphatic carbocycles. The number of amides is 2. The zero-order valence-electron chi connectivity index (χ0n) is 18.8.